The molecule has 1 aliphatic heterocycles. The van der Waals surface area contributed by atoms with Crippen LogP contribution in [0.2, 0.25) is 0 Å². The fourth-order valence-corrected chi connectivity index (χ4v) is 2.45. The Labute approximate surface area is 117 Å². The molecule has 2 rings (SSSR count). The molecule has 1 saturated heterocycles. The molecule has 1 aromatic carbocycles. The number of piperidine rings is 1. The molecule has 0 amide bonds. The molecule has 0 unspecified atom stereocenters. The van der Waals surface area contributed by atoms with Crippen LogP contribution < -0.4 is 5.32 Å². The topological polar surface area (TPSA) is 58.4 Å². The summed E-state index contributed by atoms with van der Waals surface area (Å²) in [4.78, 5) is 12.7. The lowest BCUT2D eigenvalue weighted by molar-refractivity contribution is -0.384. The van der Waals surface area contributed by atoms with Crippen LogP contribution in [0.4, 0.5) is 15.8 Å². The van der Waals surface area contributed by atoms with E-state index in [4.69, 9.17) is 0 Å². The number of anilines is 1. The van der Waals surface area contributed by atoms with Crippen molar-refractivity contribution in [2.75, 3.05) is 32.0 Å². The second-order valence-electron chi connectivity index (χ2n) is 5.89. The zero-order valence-electron chi connectivity index (χ0n) is 11.9. The molecule has 5 nitrogen and oxygen atoms in total. The van der Waals surface area contributed by atoms with Crippen molar-refractivity contribution in [3.63, 3.8) is 0 Å². The summed E-state index contributed by atoms with van der Waals surface area (Å²) in [7, 11) is 2.10. The number of nitro benzene ring substituents is 1. The van der Waals surface area contributed by atoms with Crippen LogP contribution in [0.3, 0.4) is 0 Å². The summed E-state index contributed by atoms with van der Waals surface area (Å²) in [5.74, 6) is -0.590. The van der Waals surface area contributed by atoms with E-state index in [-0.39, 0.29) is 11.1 Å². The van der Waals surface area contributed by atoms with Crippen LogP contribution in [0.5, 0.6) is 0 Å². The van der Waals surface area contributed by atoms with E-state index < -0.39 is 10.7 Å². The smallest absolute Gasteiger partial charge is 0.295 e. The Morgan fingerprint density at radius 1 is 1.45 bits per heavy atom. The highest BCUT2D eigenvalue weighted by Crippen LogP contribution is 2.32. The highest BCUT2D eigenvalue weighted by molar-refractivity contribution is 5.61. The van der Waals surface area contributed by atoms with Gasteiger partial charge in [0.15, 0.2) is 0 Å². The molecule has 1 aliphatic rings. The largest absolute Gasteiger partial charge is 0.379 e. The lowest BCUT2D eigenvalue weighted by Crippen LogP contribution is -2.40. The third-order valence-electron chi connectivity index (χ3n) is 4.06. The highest BCUT2D eigenvalue weighted by Gasteiger charge is 2.29. The average Bonchev–Trinajstić information content (AvgIpc) is 2.41. The van der Waals surface area contributed by atoms with Gasteiger partial charge in [0.1, 0.15) is 11.5 Å². The minimum absolute atomic E-state index is 0.120. The predicted molar refractivity (Wildman–Crippen MR) is 76.4 cm³/mol. The number of hydrogen-bond donors (Lipinski definition) is 1. The van der Waals surface area contributed by atoms with Gasteiger partial charge in [-0.25, -0.2) is 4.39 Å². The molecule has 1 fully saturated rings. The Kier molecular flexibility index (Phi) is 4.23. The van der Waals surface area contributed by atoms with Crippen molar-refractivity contribution in [2.45, 2.75) is 19.8 Å². The molecule has 0 spiro atoms. The molecule has 1 heterocycles. The van der Waals surface area contributed by atoms with Crippen LogP contribution in [0, 0.1) is 21.3 Å². The van der Waals surface area contributed by atoms with Crippen LogP contribution in [0.25, 0.3) is 0 Å². The van der Waals surface area contributed by atoms with E-state index in [0.717, 1.165) is 32.0 Å². The van der Waals surface area contributed by atoms with Gasteiger partial charge in [0, 0.05) is 6.54 Å². The normalized spacial score (nSPS) is 18.8. The number of nitrogens with zero attached hydrogens (tertiary/aromatic N) is 2. The van der Waals surface area contributed by atoms with Gasteiger partial charge in [-0.3, -0.25) is 10.1 Å². The molecule has 20 heavy (non-hydrogen) atoms. The zero-order chi connectivity index (χ0) is 14.8. The third kappa shape index (κ3) is 3.45. The minimum Gasteiger partial charge on any atom is -0.379 e. The summed E-state index contributed by atoms with van der Waals surface area (Å²) in [6.45, 7) is 4.91. The molecule has 0 atom stereocenters. The van der Waals surface area contributed by atoms with Gasteiger partial charge in [-0.1, -0.05) is 6.92 Å². The zero-order valence-corrected chi connectivity index (χ0v) is 11.9. The number of benzene rings is 1. The van der Waals surface area contributed by atoms with Crippen molar-refractivity contribution in [1.82, 2.24) is 4.90 Å². The maximum Gasteiger partial charge on any atom is 0.295 e. The lowest BCUT2D eigenvalue weighted by atomic mass is 9.80. The second-order valence-corrected chi connectivity index (χ2v) is 5.89. The molecule has 0 saturated carbocycles. The Morgan fingerprint density at radius 3 is 2.70 bits per heavy atom. The van der Waals surface area contributed by atoms with Crippen LogP contribution in [0.1, 0.15) is 19.8 Å². The van der Waals surface area contributed by atoms with Crippen LogP contribution >= 0.6 is 0 Å². The number of nitrogens with one attached hydrogen (secondary N) is 1. The van der Waals surface area contributed by atoms with Crippen LogP contribution in [-0.4, -0.2) is 36.5 Å². The van der Waals surface area contributed by atoms with Gasteiger partial charge in [0.05, 0.1) is 11.0 Å². The summed E-state index contributed by atoms with van der Waals surface area (Å²) in [6, 6.07) is 3.64. The summed E-state index contributed by atoms with van der Waals surface area (Å²) in [6.07, 6.45) is 2.09. The van der Waals surface area contributed by atoms with E-state index in [1.807, 2.05) is 0 Å². The number of likely N-dealkylation sites (tertiary alicyclic amines) is 1. The molecule has 0 bridgehead atoms. The Hall–Kier alpha value is -1.69. The average molecular weight is 281 g/mol. The van der Waals surface area contributed by atoms with Crippen molar-refractivity contribution < 1.29 is 9.31 Å². The van der Waals surface area contributed by atoms with Crippen molar-refractivity contribution in [2.24, 2.45) is 5.41 Å². The van der Waals surface area contributed by atoms with E-state index in [9.17, 15) is 14.5 Å². The molecule has 0 aliphatic carbocycles. The summed E-state index contributed by atoms with van der Waals surface area (Å²) >= 11 is 0. The number of hydrogen-bond acceptors (Lipinski definition) is 4. The quantitative estimate of drug-likeness (QED) is 0.681. The Balaban J connectivity index is 2.05. The van der Waals surface area contributed by atoms with Gasteiger partial charge in [-0.05, 0) is 50.5 Å². The molecule has 0 aromatic heterocycles. The third-order valence-corrected chi connectivity index (χ3v) is 4.06. The van der Waals surface area contributed by atoms with E-state index in [1.165, 1.54) is 12.1 Å². The Bertz CT molecular complexity index is 499. The first-order valence-electron chi connectivity index (χ1n) is 6.76. The first-order chi connectivity index (χ1) is 9.39. The maximum atomic E-state index is 13.1. The van der Waals surface area contributed by atoms with E-state index >= 15 is 0 Å². The predicted octanol–water partition coefficient (Wildman–Crippen LogP) is 2.88. The van der Waals surface area contributed by atoms with Gasteiger partial charge in [0.2, 0.25) is 0 Å². The van der Waals surface area contributed by atoms with Gasteiger partial charge in [-0.2, -0.15) is 0 Å². The standard InChI is InChI=1S/C14H20FN3O2/c1-14(5-7-17(2)8-6-14)10-16-12-4-3-11(15)9-13(12)18(19)20/h3-4,9,16H,5-8,10H2,1-2H3. The van der Waals surface area contributed by atoms with Crippen molar-refractivity contribution in [1.29, 1.82) is 0 Å². The molecule has 110 valence electrons. The fourth-order valence-electron chi connectivity index (χ4n) is 2.45. The van der Waals surface area contributed by atoms with Crippen LogP contribution in [-0.2, 0) is 0 Å². The first kappa shape index (κ1) is 14.7. The van der Waals surface area contributed by atoms with Gasteiger partial charge in [0.25, 0.3) is 5.69 Å². The molecule has 6 heteroatoms. The second kappa shape index (κ2) is 5.75. The number of rotatable bonds is 4. The van der Waals surface area contributed by atoms with E-state index in [1.54, 1.807) is 0 Å². The fraction of sp³-hybridized carbons (Fsp3) is 0.571. The number of nitro groups is 1. The van der Waals surface area contributed by atoms with Gasteiger partial charge < -0.3 is 10.2 Å². The minimum atomic E-state index is -0.590. The van der Waals surface area contributed by atoms with E-state index in [0.29, 0.717) is 12.2 Å². The molecule has 1 aromatic rings. The first-order valence-corrected chi connectivity index (χ1v) is 6.76. The van der Waals surface area contributed by atoms with Crippen molar-refractivity contribution in [3.8, 4) is 0 Å². The van der Waals surface area contributed by atoms with Gasteiger partial charge in [-0.15, -0.1) is 0 Å². The highest BCUT2D eigenvalue weighted by atomic mass is 19.1. The molecule has 0 radical (unpaired) electrons. The Morgan fingerprint density at radius 2 is 2.10 bits per heavy atom. The maximum absolute atomic E-state index is 13.1. The summed E-state index contributed by atoms with van der Waals surface area (Å²) in [5, 5.41) is 14.1. The van der Waals surface area contributed by atoms with Gasteiger partial charge >= 0.3 is 0 Å². The monoisotopic (exact) mass is 281 g/mol. The van der Waals surface area contributed by atoms with E-state index in [2.05, 4.69) is 24.2 Å². The van der Waals surface area contributed by atoms with Crippen molar-refractivity contribution in [3.05, 3.63) is 34.1 Å². The molecular weight excluding hydrogens is 261 g/mol. The molecule has 1 N–H and O–H groups in total. The molecular formula is C14H20FN3O2. The number of halogens is 1. The summed E-state index contributed by atoms with van der Waals surface area (Å²) < 4.78 is 13.1. The lowest BCUT2D eigenvalue weighted by Gasteiger charge is -2.38. The SMILES string of the molecule is CN1CCC(C)(CNc2ccc(F)cc2[N+](=O)[O-])CC1. The van der Waals surface area contributed by atoms with Crippen molar-refractivity contribution >= 4 is 11.4 Å². The van der Waals surface area contributed by atoms with Crippen LogP contribution in [0.15, 0.2) is 18.2 Å². The summed E-state index contributed by atoms with van der Waals surface area (Å²) in [5.41, 5.74) is 0.299.